The van der Waals surface area contributed by atoms with Gasteiger partial charge in [0.05, 0.1) is 13.2 Å². The number of ether oxygens (including phenoxy) is 2. The maximum absolute atomic E-state index is 5.81. The van der Waals surface area contributed by atoms with Crippen molar-refractivity contribution in [3.8, 4) is 11.5 Å². The molecule has 2 rings (SSSR count). The zero-order valence-corrected chi connectivity index (χ0v) is 9.74. The summed E-state index contributed by atoms with van der Waals surface area (Å²) in [5.41, 5.74) is 0. The summed E-state index contributed by atoms with van der Waals surface area (Å²) >= 11 is 0. The van der Waals surface area contributed by atoms with Gasteiger partial charge in [-0.05, 0) is 32.0 Å². The molecule has 1 aliphatic rings. The van der Waals surface area contributed by atoms with E-state index >= 15 is 0 Å². The Morgan fingerprint density at radius 2 is 2.00 bits per heavy atom. The zero-order valence-electron chi connectivity index (χ0n) is 9.74. The Morgan fingerprint density at radius 1 is 1.25 bits per heavy atom. The largest absolute Gasteiger partial charge is 0.490 e. The molecule has 0 saturated carbocycles. The lowest BCUT2D eigenvalue weighted by molar-refractivity contribution is 0.240. The minimum absolute atomic E-state index is 0.634. The van der Waals surface area contributed by atoms with Crippen molar-refractivity contribution in [2.45, 2.75) is 13.3 Å². The van der Waals surface area contributed by atoms with Crippen LogP contribution in [0.5, 0.6) is 11.5 Å². The molecule has 1 fully saturated rings. The maximum atomic E-state index is 5.81. The maximum Gasteiger partial charge on any atom is 0.161 e. The molecule has 16 heavy (non-hydrogen) atoms. The highest BCUT2D eigenvalue weighted by atomic mass is 16.5. The van der Waals surface area contributed by atoms with Crippen molar-refractivity contribution in [3.63, 3.8) is 0 Å². The summed E-state index contributed by atoms with van der Waals surface area (Å²) in [6, 6.07) is 7.86. The Morgan fingerprint density at radius 3 is 2.62 bits per heavy atom. The summed E-state index contributed by atoms with van der Waals surface area (Å²) in [7, 11) is 0. The molecule has 88 valence electrons. The third-order valence-electron chi connectivity index (χ3n) is 2.79. The average Bonchev–Trinajstić information content (AvgIpc) is 2.81. The highest BCUT2D eigenvalue weighted by Crippen LogP contribution is 2.27. The highest BCUT2D eigenvalue weighted by Gasteiger charge is 2.15. The van der Waals surface area contributed by atoms with E-state index in [2.05, 4.69) is 5.32 Å². The lowest BCUT2D eigenvalue weighted by atomic mass is 10.1. The summed E-state index contributed by atoms with van der Waals surface area (Å²) in [5.74, 6) is 2.34. The molecule has 1 saturated heterocycles. The molecular formula is C13H19NO2. The van der Waals surface area contributed by atoms with E-state index in [-0.39, 0.29) is 0 Å². The van der Waals surface area contributed by atoms with E-state index in [0.29, 0.717) is 12.5 Å². The van der Waals surface area contributed by atoms with Crippen LogP contribution < -0.4 is 14.8 Å². The van der Waals surface area contributed by atoms with Gasteiger partial charge in [-0.15, -0.1) is 0 Å². The second kappa shape index (κ2) is 5.75. The number of benzene rings is 1. The first-order valence-corrected chi connectivity index (χ1v) is 5.95. The summed E-state index contributed by atoms with van der Waals surface area (Å²) in [6.07, 6.45) is 1.21. The van der Waals surface area contributed by atoms with Gasteiger partial charge < -0.3 is 14.8 Å². The van der Waals surface area contributed by atoms with E-state index < -0.39 is 0 Å². The summed E-state index contributed by atoms with van der Waals surface area (Å²) in [5, 5.41) is 3.34. The number of hydrogen-bond acceptors (Lipinski definition) is 3. The first-order valence-electron chi connectivity index (χ1n) is 5.95. The Kier molecular flexibility index (Phi) is 4.05. The van der Waals surface area contributed by atoms with Crippen molar-refractivity contribution in [2.75, 3.05) is 26.3 Å². The summed E-state index contributed by atoms with van der Waals surface area (Å²) < 4.78 is 11.3. The third-order valence-corrected chi connectivity index (χ3v) is 2.79. The number of hydrogen-bond donors (Lipinski definition) is 1. The van der Waals surface area contributed by atoms with Crippen LogP contribution in [-0.2, 0) is 0 Å². The van der Waals surface area contributed by atoms with Crippen molar-refractivity contribution >= 4 is 0 Å². The summed E-state index contributed by atoms with van der Waals surface area (Å²) in [4.78, 5) is 0. The molecule has 1 aromatic carbocycles. The molecule has 0 bridgehead atoms. The monoisotopic (exact) mass is 221 g/mol. The second-order valence-electron chi connectivity index (χ2n) is 4.05. The molecule has 0 aliphatic carbocycles. The van der Waals surface area contributed by atoms with Crippen LogP contribution in [0.2, 0.25) is 0 Å². The predicted molar refractivity (Wildman–Crippen MR) is 64.1 cm³/mol. The minimum atomic E-state index is 0.634. The van der Waals surface area contributed by atoms with E-state index in [1.54, 1.807) is 0 Å². The van der Waals surface area contributed by atoms with Crippen molar-refractivity contribution in [2.24, 2.45) is 5.92 Å². The number of para-hydroxylation sites is 2. The number of nitrogens with one attached hydrogen (secondary N) is 1. The van der Waals surface area contributed by atoms with Gasteiger partial charge in [0, 0.05) is 12.5 Å². The van der Waals surface area contributed by atoms with Gasteiger partial charge in [0.15, 0.2) is 11.5 Å². The molecule has 1 N–H and O–H groups in total. The zero-order chi connectivity index (χ0) is 11.2. The second-order valence-corrected chi connectivity index (χ2v) is 4.05. The first-order chi connectivity index (χ1) is 7.90. The molecule has 1 unspecified atom stereocenters. The lowest BCUT2D eigenvalue weighted by Crippen LogP contribution is -2.15. The molecule has 1 aliphatic heterocycles. The van der Waals surface area contributed by atoms with Crippen molar-refractivity contribution in [3.05, 3.63) is 24.3 Å². The Labute approximate surface area is 96.8 Å². The molecule has 0 aromatic heterocycles. The number of rotatable bonds is 5. The minimum Gasteiger partial charge on any atom is -0.490 e. The van der Waals surface area contributed by atoms with Gasteiger partial charge in [-0.1, -0.05) is 12.1 Å². The molecule has 0 spiro atoms. The van der Waals surface area contributed by atoms with Crippen LogP contribution in [0, 0.1) is 5.92 Å². The van der Waals surface area contributed by atoms with Crippen LogP contribution >= 0.6 is 0 Å². The van der Waals surface area contributed by atoms with E-state index in [1.807, 2.05) is 31.2 Å². The van der Waals surface area contributed by atoms with Crippen LogP contribution in [-0.4, -0.2) is 26.3 Å². The van der Waals surface area contributed by atoms with Crippen LogP contribution in [0.15, 0.2) is 24.3 Å². The first kappa shape index (κ1) is 11.3. The van der Waals surface area contributed by atoms with Crippen molar-refractivity contribution in [1.29, 1.82) is 0 Å². The molecular weight excluding hydrogens is 202 g/mol. The van der Waals surface area contributed by atoms with Crippen LogP contribution in [0.3, 0.4) is 0 Å². The third kappa shape index (κ3) is 2.89. The van der Waals surface area contributed by atoms with Gasteiger partial charge in [0.1, 0.15) is 0 Å². The lowest BCUT2D eigenvalue weighted by Gasteiger charge is -2.14. The SMILES string of the molecule is CCOc1ccccc1OCC1CCNC1. The van der Waals surface area contributed by atoms with E-state index in [4.69, 9.17) is 9.47 Å². The van der Waals surface area contributed by atoms with Gasteiger partial charge in [0.25, 0.3) is 0 Å². The molecule has 1 aromatic rings. The molecule has 3 heteroatoms. The highest BCUT2D eigenvalue weighted by molar-refractivity contribution is 5.39. The summed E-state index contributed by atoms with van der Waals surface area (Å²) in [6.45, 7) is 5.61. The molecule has 0 radical (unpaired) electrons. The Bertz CT molecular complexity index is 321. The molecule has 1 heterocycles. The smallest absolute Gasteiger partial charge is 0.161 e. The van der Waals surface area contributed by atoms with Gasteiger partial charge in [0.2, 0.25) is 0 Å². The van der Waals surface area contributed by atoms with E-state index in [0.717, 1.165) is 31.2 Å². The van der Waals surface area contributed by atoms with Gasteiger partial charge in [-0.2, -0.15) is 0 Å². The Hall–Kier alpha value is -1.22. The molecule has 1 atom stereocenters. The van der Waals surface area contributed by atoms with E-state index in [1.165, 1.54) is 6.42 Å². The van der Waals surface area contributed by atoms with Gasteiger partial charge in [-0.25, -0.2) is 0 Å². The fraction of sp³-hybridized carbons (Fsp3) is 0.538. The standard InChI is InChI=1S/C13H19NO2/c1-2-15-12-5-3-4-6-13(12)16-10-11-7-8-14-9-11/h3-6,11,14H,2,7-10H2,1H3. The Balaban J connectivity index is 1.91. The van der Waals surface area contributed by atoms with Crippen LogP contribution in [0.4, 0.5) is 0 Å². The van der Waals surface area contributed by atoms with Crippen molar-refractivity contribution < 1.29 is 9.47 Å². The quantitative estimate of drug-likeness (QED) is 0.825. The fourth-order valence-corrected chi connectivity index (χ4v) is 1.91. The fourth-order valence-electron chi connectivity index (χ4n) is 1.91. The predicted octanol–water partition coefficient (Wildman–Crippen LogP) is 2.07. The van der Waals surface area contributed by atoms with Crippen LogP contribution in [0.25, 0.3) is 0 Å². The van der Waals surface area contributed by atoms with Gasteiger partial charge in [-0.3, -0.25) is 0 Å². The average molecular weight is 221 g/mol. The molecule has 3 nitrogen and oxygen atoms in total. The van der Waals surface area contributed by atoms with Crippen molar-refractivity contribution in [1.82, 2.24) is 5.32 Å². The molecule has 0 amide bonds. The van der Waals surface area contributed by atoms with Gasteiger partial charge >= 0.3 is 0 Å². The van der Waals surface area contributed by atoms with Crippen LogP contribution in [0.1, 0.15) is 13.3 Å². The topological polar surface area (TPSA) is 30.5 Å². The van der Waals surface area contributed by atoms with E-state index in [9.17, 15) is 0 Å². The normalized spacial score (nSPS) is 19.7.